The number of hydrogen-bond acceptors (Lipinski definition) is 3. The highest BCUT2D eigenvalue weighted by atomic mass is 32.2. The van der Waals surface area contributed by atoms with Gasteiger partial charge in [0, 0.05) is 6.54 Å². The predicted molar refractivity (Wildman–Crippen MR) is 67.2 cm³/mol. The number of sulfonamides is 1. The van der Waals surface area contributed by atoms with E-state index in [1.54, 1.807) is 0 Å². The summed E-state index contributed by atoms with van der Waals surface area (Å²) in [4.78, 5) is -0.371. The maximum absolute atomic E-state index is 12.6. The van der Waals surface area contributed by atoms with E-state index in [0.29, 0.717) is 18.9 Å². The molecule has 2 rings (SSSR count). The lowest BCUT2D eigenvalue weighted by atomic mass is 10.1. The molecule has 2 N–H and O–H groups in total. The third-order valence-electron chi connectivity index (χ3n) is 3.27. The molecule has 0 saturated carbocycles. The van der Waals surface area contributed by atoms with Gasteiger partial charge in [0.1, 0.15) is 0 Å². The van der Waals surface area contributed by atoms with Crippen LogP contribution in [-0.4, -0.2) is 25.4 Å². The van der Waals surface area contributed by atoms with Gasteiger partial charge in [-0.25, -0.2) is 8.42 Å². The third-order valence-corrected chi connectivity index (χ3v) is 5.19. The number of piperidine rings is 1. The Morgan fingerprint density at radius 1 is 1.25 bits per heavy atom. The zero-order chi connectivity index (χ0) is 15.0. The van der Waals surface area contributed by atoms with Crippen molar-refractivity contribution in [2.75, 3.05) is 6.54 Å². The van der Waals surface area contributed by atoms with Crippen LogP contribution in [-0.2, 0) is 16.2 Å². The van der Waals surface area contributed by atoms with Crippen molar-refractivity contribution in [3.63, 3.8) is 0 Å². The molecule has 1 aromatic rings. The molecule has 0 spiro atoms. The topological polar surface area (TPSA) is 63.4 Å². The number of hydrogen-bond donors (Lipinski definition) is 1. The van der Waals surface area contributed by atoms with Crippen LogP contribution in [0.3, 0.4) is 0 Å². The summed E-state index contributed by atoms with van der Waals surface area (Å²) in [6.45, 7) is 0.236. The quantitative estimate of drug-likeness (QED) is 0.910. The molecular weight excluding hydrogens is 293 g/mol. The zero-order valence-electron chi connectivity index (χ0n) is 10.6. The minimum absolute atomic E-state index is 0.236. The van der Waals surface area contributed by atoms with Gasteiger partial charge < -0.3 is 5.73 Å². The molecule has 1 aliphatic heterocycles. The Bertz CT molecular complexity index is 587. The fourth-order valence-corrected chi connectivity index (χ4v) is 3.83. The molecule has 4 nitrogen and oxygen atoms in total. The first-order chi connectivity index (χ1) is 9.23. The first-order valence-corrected chi connectivity index (χ1v) is 7.61. The normalized spacial score (nSPS) is 21.9. The molecule has 1 aliphatic rings. The Morgan fingerprint density at radius 2 is 1.95 bits per heavy atom. The molecule has 112 valence electrons. The van der Waals surface area contributed by atoms with Crippen molar-refractivity contribution in [2.45, 2.75) is 36.5 Å². The Morgan fingerprint density at radius 3 is 2.55 bits per heavy atom. The highest BCUT2D eigenvalue weighted by Crippen LogP contribution is 2.31. The van der Waals surface area contributed by atoms with Gasteiger partial charge in [-0.2, -0.15) is 17.5 Å². The number of nitrogens with zero attached hydrogens (tertiary/aromatic N) is 1. The van der Waals surface area contributed by atoms with E-state index in [2.05, 4.69) is 0 Å². The molecule has 1 atom stereocenters. The van der Waals surface area contributed by atoms with Crippen molar-refractivity contribution < 1.29 is 21.6 Å². The van der Waals surface area contributed by atoms with E-state index in [1.165, 1.54) is 0 Å². The van der Waals surface area contributed by atoms with Gasteiger partial charge in [0.2, 0.25) is 10.0 Å². The zero-order valence-corrected chi connectivity index (χ0v) is 11.4. The number of nitrogens with two attached hydrogens (primary N) is 1. The van der Waals surface area contributed by atoms with E-state index in [9.17, 15) is 21.6 Å². The summed E-state index contributed by atoms with van der Waals surface area (Å²) in [5, 5.41) is 0. The molecule has 1 saturated heterocycles. The van der Waals surface area contributed by atoms with Gasteiger partial charge in [-0.15, -0.1) is 0 Å². The molecule has 8 heteroatoms. The minimum atomic E-state index is -4.57. The van der Waals surface area contributed by atoms with Crippen LogP contribution >= 0.6 is 0 Å². The van der Waals surface area contributed by atoms with Crippen LogP contribution in [0, 0.1) is 0 Å². The van der Waals surface area contributed by atoms with Crippen molar-refractivity contribution in [2.24, 2.45) is 5.73 Å². The molecule has 1 heterocycles. The third kappa shape index (κ3) is 2.97. The van der Waals surface area contributed by atoms with Gasteiger partial charge in [0.25, 0.3) is 0 Å². The molecule has 0 aliphatic carbocycles. The van der Waals surface area contributed by atoms with Crippen LogP contribution in [0.4, 0.5) is 13.2 Å². The highest BCUT2D eigenvalue weighted by molar-refractivity contribution is 7.89. The summed E-state index contributed by atoms with van der Waals surface area (Å²) >= 11 is 0. The molecule has 1 unspecified atom stereocenters. The molecule has 0 aromatic heterocycles. The summed E-state index contributed by atoms with van der Waals surface area (Å²) < 4.78 is 63.7. The van der Waals surface area contributed by atoms with Gasteiger partial charge in [-0.1, -0.05) is 6.07 Å². The molecule has 1 aromatic carbocycles. The largest absolute Gasteiger partial charge is 0.416 e. The van der Waals surface area contributed by atoms with Gasteiger partial charge in [-0.05, 0) is 37.5 Å². The van der Waals surface area contributed by atoms with Gasteiger partial charge in [0.15, 0.2) is 0 Å². The second-order valence-electron chi connectivity index (χ2n) is 4.70. The summed E-state index contributed by atoms with van der Waals surface area (Å²) in [5.74, 6) is 0. The Balaban J connectivity index is 2.39. The average molecular weight is 308 g/mol. The van der Waals surface area contributed by atoms with Crippen molar-refractivity contribution in [1.82, 2.24) is 4.31 Å². The lowest BCUT2D eigenvalue weighted by molar-refractivity contribution is -0.137. The second kappa shape index (κ2) is 5.34. The minimum Gasteiger partial charge on any atom is -0.315 e. The number of benzene rings is 1. The molecule has 0 amide bonds. The van der Waals surface area contributed by atoms with Gasteiger partial charge >= 0.3 is 6.18 Å². The van der Waals surface area contributed by atoms with Crippen LogP contribution in [0.25, 0.3) is 0 Å². The van der Waals surface area contributed by atoms with E-state index in [-0.39, 0.29) is 11.4 Å². The van der Waals surface area contributed by atoms with Crippen molar-refractivity contribution in [1.29, 1.82) is 0 Å². The van der Waals surface area contributed by atoms with Crippen molar-refractivity contribution in [3.05, 3.63) is 29.8 Å². The van der Waals surface area contributed by atoms with Gasteiger partial charge in [0.05, 0.1) is 16.6 Å². The molecule has 20 heavy (non-hydrogen) atoms. The Hall–Kier alpha value is -1.12. The van der Waals surface area contributed by atoms with Crippen molar-refractivity contribution >= 4 is 10.0 Å². The Kier molecular flexibility index (Phi) is 4.08. The van der Waals surface area contributed by atoms with E-state index in [0.717, 1.165) is 28.9 Å². The standard InChI is InChI=1S/C12H15F3N2O2S/c13-12(14,15)9-4-3-5-10(8-9)20(18,19)17-7-2-1-6-11(17)16/h3-5,8,11H,1-2,6-7,16H2. The number of halogens is 3. The van der Waals surface area contributed by atoms with Crippen LogP contribution < -0.4 is 5.73 Å². The monoisotopic (exact) mass is 308 g/mol. The first-order valence-electron chi connectivity index (χ1n) is 6.17. The predicted octanol–water partition coefficient (Wildman–Crippen LogP) is 2.16. The van der Waals surface area contributed by atoms with Gasteiger partial charge in [-0.3, -0.25) is 0 Å². The van der Waals surface area contributed by atoms with E-state index < -0.39 is 27.9 Å². The highest BCUT2D eigenvalue weighted by Gasteiger charge is 2.35. The van der Waals surface area contributed by atoms with E-state index in [1.807, 2.05) is 0 Å². The van der Waals surface area contributed by atoms with Crippen LogP contribution in [0.5, 0.6) is 0 Å². The molecule has 1 fully saturated rings. The van der Waals surface area contributed by atoms with Crippen LogP contribution in [0.15, 0.2) is 29.2 Å². The number of rotatable bonds is 2. The fraction of sp³-hybridized carbons (Fsp3) is 0.500. The molecule has 0 radical (unpaired) electrons. The SMILES string of the molecule is NC1CCCCN1S(=O)(=O)c1cccc(C(F)(F)F)c1. The average Bonchev–Trinajstić information content (AvgIpc) is 2.38. The maximum atomic E-state index is 12.6. The summed E-state index contributed by atoms with van der Waals surface area (Å²) in [7, 11) is -3.99. The second-order valence-corrected chi connectivity index (χ2v) is 6.60. The first kappa shape index (κ1) is 15.3. The van der Waals surface area contributed by atoms with Crippen LogP contribution in [0.1, 0.15) is 24.8 Å². The Labute approximate surface area is 115 Å². The maximum Gasteiger partial charge on any atom is 0.416 e. The number of alkyl halides is 3. The van der Waals surface area contributed by atoms with Crippen molar-refractivity contribution in [3.8, 4) is 0 Å². The lowest BCUT2D eigenvalue weighted by Gasteiger charge is -2.32. The fourth-order valence-electron chi connectivity index (χ4n) is 2.20. The van der Waals surface area contributed by atoms with E-state index >= 15 is 0 Å². The van der Waals surface area contributed by atoms with Crippen LogP contribution in [0.2, 0.25) is 0 Å². The summed E-state index contributed by atoms with van der Waals surface area (Å²) in [6, 6.07) is 3.74. The molecule has 0 bridgehead atoms. The lowest BCUT2D eigenvalue weighted by Crippen LogP contribution is -2.48. The summed E-state index contributed by atoms with van der Waals surface area (Å²) in [6.07, 6.45) is -3.27. The summed E-state index contributed by atoms with van der Waals surface area (Å²) in [5.41, 5.74) is 4.77. The molecular formula is C12H15F3N2O2S. The smallest absolute Gasteiger partial charge is 0.315 e. The van der Waals surface area contributed by atoms with E-state index in [4.69, 9.17) is 5.73 Å².